The maximum Gasteiger partial charge on any atom is 0.0459 e. The molecule has 0 fully saturated rings. The number of fused-ring (bicyclic) bond motifs is 1. The molecule has 0 bridgehead atoms. The quantitative estimate of drug-likeness (QED) is 0.709. The second-order valence-corrected chi connectivity index (χ2v) is 4.39. The molecule has 1 heterocycles. The van der Waals surface area contributed by atoms with Crippen LogP contribution in [-0.2, 0) is 5.54 Å². The van der Waals surface area contributed by atoms with Gasteiger partial charge in [0.2, 0.25) is 0 Å². The first-order valence-electron chi connectivity index (χ1n) is 4.87. The van der Waals surface area contributed by atoms with E-state index in [1.54, 1.807) is 0 Å². The van der Waals surface area contributed by atoms with Crippen LogP contribution in [0.2, 0.25) is 0 Å². The van der Waals surface area contributed by atoms with Crippen LogP contribution in [0.3, 0.4) is 0 Å². The first kappa shape index (κ1) is 9.28. The monoisotopic (exact) mass is 188 g/mol. The van der Waals surface area contributed by atoms with E-state index in [0.717, 1.165) is 0 Å². The molecule has 0 saturated heterocycles. The molecule has 2 heteroatoms. The van der Waals surface area contributed by atoms with Crippen molar-refractivity contribution in [1.29, 1.82) is 0 Å². The Morgan fingerprint density at radius 3 is 2.50 bits per heavy atom. The average Bonchev–Trinajstić information content (AvgIpc) is 2.38. The highest BCUT2D eigenvalue weighted by molar-refractivity contribution is 5.85. The van der Waals surface area contributed by atoms with E-state index in [-0.39, 0.29) is 5.54 Å². The summed E-state index contributed by atoms with van der Waals surface area (Å²) in [6.07, 6.45) is 0. The van der Waals surface area contributed by atoms with E-state index in [1.165, 1.54) is 22.2 Å². The highest BCUT2D eigenvalue weighted by atomic mass is 14.8. The van der Waals surface area contributed by atoms with Crippen LogP contribution in [0.25, 0.3) is 10.9 Å². The third-order valence-corrected chi connectivity index (χ3v) is 2.54. The number of rotatable bonds is 1. The zero-order valence-electron chi connectivity index (χ0n) is 8.89. The molecular formula is C12H16N2. The summed E-state index contributed by atoms with van der Waals surface area (Å²) in [4.78, 5) is 3.35. The van der Waals surface area contributed by atoms with Crippen LogP contribution in [0.1, 0.15) is 25.1 Å². The number of benzene rings is 1. The molecule has 0 radical (unpaired) electrons. The summed E-state index contributed by atoms with van der Waals surface area (Å²) in [7, 11) is 0. The molecule has 2 nitrogen and oxygen atoms in total. The van der Waals surface area contributed by atoms with Gasteiger partial charge in [-0.3, -0.25) is 0 Å². The van der Waals surface area contributed by atoms with Gasteiger partial charge < -0.3 is 10.7 Å². The zero-order valence-corrected chi connectivity index (χ0v) is 8.89. The van der Waals surface area contributed by atoms with Gasteiger partial charge in [0.05, 0.1) is 0 Å². The van der Waals surface area contributed by atoms with Gasteiger partial charge >= 0.3 is 0 Å². The number of nitrogens with two attached hydrogens (primary N) is 1. The number of aromatic nitrogens is 1. The lowest BCUT2D eigenvalue weighted by molar-refractivity contribution is 0.555. The fourth-order valence-corrected chi connectivity index (χ4v) is 2.11. The normalized spacial score (nSPS) is 12.3. The highest BCUT2D eigenvalue weighted by Crippen LogP contribution is 2.29. The van der Waals surface area contributed by atoms with Gasteiger partial charge in [0.15, 0.2) is 0 Å². The molecule has 0 atom stereocenters. The van der Waals surface area contributed by atoms with Crippen LogP contribution in [0.15, 0.2) is 24.3 Å². The second kappa shape index (κ2) is 2.85. The average molecular weight is 188 g/mol. The van der Waals surface area contributed by atoms with Crippen molar-refractivity contribution in [2.45, 2.75) is 26.3 Å². The third-order valence-electron chi connectivity index (χ3n) is 2.54. The SMILES string of the molecule is Cc1[nH]c2ccccc2c1C(C)(C)N. The van der Waals surface area contributed by atoms with Gasteiger partial charge in [0, 0.05) is 22.1 Å². The molecule has 74 valence electrons. The van der Waals surface area contributed by atoms with Gasteiger partial charge in [-0.2, -0.15) is 0 Å². The van der Waals surface area contributed by atoms with Gasteiger partial charge in [-0.25, -0.2) is 0 Å². The maximum absolute atomic E-state index is 6.15. The van der Waals surface area contributed by atoms with Crippen molar-refractivity contribution in [3.63, 3.8) is 0 Å². The van der Waals surface area contributed by atoms with E-state index in [0.29, 0.717) is 0 Å². The fraction of sp³-hybridized carbons (Fsp3) is 0.333. The van der Waals surface area contributed by atoms with E-state index in [2.05, 4.69) is 24.0 Å². The lowest BCUT2D eigenvalue weighted by Gasteiger charge is -2.19. The molecule has 3 N–H and O–H groups in total. The topological polar surface area (TPSA) is 41.8 Å². The summed E-state index contributed by atoms with van der Waals surface area (Å²) in [6.45, 7) is 6.15. The zero-order chi connectivity index (χ0) is 10.3. The summed E-state index contributed by atoms with van der Waals surface area (Å²) >= 11 is 0. The molecule has 0 aliphatic heterocycles. The number of hydrogen-bond donors (Lipinski definition) is 2. The Morgan fingerprint density at radius 1 is 1.21 bits per heavy atom. The summed E-state index contributed by atoms with van der Waals surface area (Å²) in [5.41, 5.74) is 9.41. The predicted octanol–water partition coefficient (Wildman–Crippen LogP) is 2.67. The van der Waals surface area contributed by atoms with Crippen molar-refractivity contribution in [2.24, 2.45) is 5.73 Å². The van der Waals surface area contributed by atoms with Crippen LogP contribution >= 0.6 is 0 Å². The summed E-state index contributed by atoms with van der Waals surface area (Å²) < 4.78 is 0. The molecule has 0 aliphatic rings. The van der Waals surface area contributed by atoms with E-state index < -0.39 is 0 Å². The molecule has 0 amide bonds. The van der Waals surface area contributed by atoms with Gasteiger partial charge in [-0.05, 0) is 32.4 Å². The smallest absolute Gasteiger partial charge is 0.0459 e. The Bertz CT molecular complexity index is 461. The Balaban J connectivity index is 2.81. The van der Waals surface area contributed by atoms with Gasteiger partial charge in [0.1, 0.15) is 0 Å². The number of H-pyrrole nitrogens is 1. The molecule has 0 saturated carbocycles. The van der Waals surface area contributed by atoms with Gasteiger partial charge in [0.25, 0.3) is 0 Å². The predicted molar refractivity (Wildman–Crippen MR) is 60.2 cm³/mol. The van der Waals surface area contributed by atoms with E-state index in [4.69, 9.17) is 5.73 Å². The molecule has 0 unspecified atom stereocenters. The van der Waals surface area contributed by atoms with Crippen molar-refractivity contribution < 1.29 is 0 Å². The Morgan fingerprint density at radius 2 is 1.86 bits per heavy atom. The van der Waals surface area contributed by atoms with Crippen molar-refractivity contribution in [2.75, 3.05) is 0 Å². The van der Waals surface area contributed by atoms with Crippen molar-refractivity contribution in [3.8, 4) is 0 Å². The molecule has 1 aromatic carbocycles. The lowest BCUT2D eigenvalue weighted by Crippen LogP contribution is -2.29. The largest absolute Gasteiger partial charge is 0.358 e. The minimum atomic E-state index is -0.288. The highest BCUT2D eigenvalue weighted by Gasteiger charge is 2.21. The first-order valence-corrected chi connectivity index (χ1v) is 4.87. The number of nitrogens with one attached hydrogen (secondary N) is 1. The number of hydrogen-bond acceptors (Lipinski definition) is 1. The Hall–Kier alpha value is -1.28. The van der Waals surface area contributed by atoms with E-state index >= 15 is 0 Å². The van der Waals surface area contributed by atoms with Crippen molar-refractivity contribution >= 4 is 10.9 Å². The lowest BCUT2D eigenvalue weighted by atomic mass is 9.93. The summed E-state index contributed by atoms with van der Waals surface area (Å²) in [6, 6.07) is 8.27. The van der Waals surface area contributed by atoms with Crippen LogP contribution in [0.4, 0.5) is 0 Å². The number of aromatic amines is 1. The third kappa shape index (κ3) is 1.32. The molecular weight excluding hydrogens is 172 g/mol. The van der Waals surface area contributed by atoms with Gasteiger partial charge in [-0.1, -0.05) is 18.2 Å². The van der Waals surface area contributed by atoms with Crippen molar-refractivity contribution in [1.82, 2.24) is 4.98 Å². The fourth-order valence-electron chi connectivity index (χ4n) is 2.11. The summed E-state index contributed by atoms with van der Waals surface area (Å²) in [5, 5.41) is 1.23. The molecule has 0 aliphatic carbocycles. The molecule has 0 spiro atoms. The standard InChI is InChI=1S/C12H16N2/c1-8-11(12(2,3)13)9-6-4-5-7-10(9)14-8/h4-7,14H,13H2,1-3H3. The number of para-hydroxylation sites is 1. The Labute approximate surface area is 84.1 Å². The molecule has 2 rings (SSSR count). The molecule has 2 aromatic rings. The number of aryl methyl sites for hydroxylation is 1. The molecule has 1 aromatic heterocycles. The minimum Gasteiger partial charge on any atom is -0.358 e. The second-order valence-electron chi connectivity index (χ2n) is 4.39. The van der Waals surface area contributed by atoms with Crippen LogP contribution in [-0.4, -0.2) is 4.98 Å². The Kier molecular flexibility index (Phi) is 1.89. The van der Waals surface area contributed by atoms with Crippen LogP contribution in [0, 0.1) is 6.92 Å². The first-order chi connectivity index (χ1) is 6.50. The minimum absolute atomic E-state index is 0.288. The van der Waals surface area contributed by atoms with Gasteiger partial charge in [-0.15, -0.1) is 0 Å². The van der Waals surface area contributed by atoms with E-state index in [1.807, 2.05) is 26.0 Å². The van der Waals surface area contributed by atoms with Crippen LogP contribution < -0.4 is 5.73 Å². The van der Waals surface area contributed by atoms with E-state index in [9.17, 15) is 0 Å². The maximum atomic E-state index is 6.15. The summed E-state index contributed by atoms with van der Waals surface area (Å²) in [5.74, 6) is 0. The van der Waals surface area contributed by atoms with Crippen molar-refractivity contribution in [3.05, 3.63) is 35.5 Å². The van der Waals surface area contributed by atoms with Crippen LogP contribution in [0.5, 0.6) is 0 Å². The molecule has 14 heavy (non-hydrogen) atoms.